The summed E-state index contributed by atoms with van der Waals surface area (Å²) in [6.07, 6.45) is 6.61. The van der Waals surface area contributed by atoms with Gasteiger partial charge < -0.3 is 14.2 Å². The lowest BCUT2D eigenvalue weighted by molar-refractivity contribution is -0.644. The molecular weight excluding hydrogens is 577 g/mol. The Hall–Kier alpha value is -4.37. The van der Waals surface area contributed by atoms with Gasteiger partial charge in [0.05, 0.1) is 26.2 Å². The molecule has 0 bridgehead atoms. The number of aromatic nitrogens is 1. The van der Waals surface area contributed by atoms with Crippen molar-refractivity contribution in [2.24, 2.45) is 7.05 Å². The number of hydrogen-bond donors (Lipinski definition) is 0. The monoisotopic (exact) mass is 606 g/mol. The predicted octanol–water partition coefficient (Wildman–Crippen LogP) is 7.39. The van der Waals surface area contributed by atoms with Crippen molar-refractivity contribution in [3.63, 3.8) is 0 Å². The van der Waals surface area contributed by atoms with Crippen LogP contribution in [0.25, 0.3) is 22.6 Å². The van der Waals surface area contributed by atoms with Gasteiger partial charge in [-0.2, -0.15) is 0 Å². The molecule has 0 fully saturated rings. The Balaban J connectivity index is 1.46. The third kappa shape index (κ3) is 6.83. The van der Waals surface area contributed by atoms with Gasteiger partial charge in [-0.3, -0.25) is 0 Å². The minimum Gasteiger partial charge on any atom is -0.748 e. The first kappa shape index (κ1) is 28.7. The van der Waals surface area contributed by atoms with Crippen molar-refractivity contribution in [3.8, 4) is 11.5 Å². The molecule has 1 aliphatic heterocycles. The van der Waals surface area contributed by atoms with Crippen molar-refractivity contribution in [3.05, 3.63) is 138 Å². The fourth-order valence-electron chi connectivity index (χ4n) is 5.18. The van der Waals surface area contributed by atoms with Crippen LogP contribution in [0.5, 0.6) is 11.5 Å². The Kier molecular flexibility index (Phi) is 8.33. The molecule has 1 aliphatic rings. The Morgan fingerprint density at radius 1 is 0.907 bits per heavy atom. The number of ether oxygens (including phenoxy) is 1. The zero-order valence-electron chi connectivity index (χ0n) is 23.6. The van der Waals surface area contributed by atoms with E-state index in [2.05, 4.69) is 58.1 Å². The van der Waals surface area contributed by atoms with E-state index in [1.165, 1.54) is 0 Å². The molecule has 0 radical (unpaired) electrons. The van der Waals surface area contributed by atoms with Crippen LogP contribution in [0.2, 0.25) is 0 Å². The maximum absolute atomic E-state index is 11.4. The van der Waals surface area contributed by atoms with Crippen LogP contribution in [-0.4, -0.2) is 25.3 Å². The lowest BCUT2D eigenvalue weighted by atomic mass is 10.00. The van der Waals surface area contributed by atoms with Crippen LogP contribution in [0.3, 0.4) is 0 Å². The maximum atomic E-state index is 11.4. The summed E-state index contributed by atoms with van der Waals surface area (Å²) in [6, 6.07) is 36.2. The Bertz CT molecular complexity index is 1950. The number of hydrogen-bond acceptors (Lipinski definition) is 6. The molecule has 4 aromatic carbocycles. The SMILES string of the molecule is C[n+]1ccc(C=C(C=C2Sc3ccccc3N2CCCS(=O)(=O)[O-])c2cccc(Oc3ccccc3)c2)c2ccccc21. The van der Waals surface area contributed by atoms with Crippen molar-refractivity contribution >= 4 is 50.1 Å². The first-order valence-corrected chi connectivity index (χ1v) is 16.4. The third-order valence-corrected chi connectivity index (χ3v) is 9.12. The molecule has 0 spiro atoms. The zero-order valence-corrected chi connectivity index (χ0v) is 25.2. The maximum Gasteiger partial charge on any atom is 0.212 e. The Morgan fingerprint density at radius 2 is 1.65 bits per heavy atom. The van der Waals surface area contributed by atoms with Gasteiger partial charge in [-0.05, 0) is 77.7 Å². The number of allylic oxidation sites excluding steroid dienone is 2. The second kappa shape index (κ2) is 12.5. The Labute approximate surface area is 256 Å². The van der Waals surface area contributed by atoms with E-state index >= 15 is 0 Å². The number of anilines is 1. The molecule has 0 unspecified atom stereocenters. The lowest BCUT2D eigenvalue weighted by Crippen LogP contribution is -2.28. The van der Waals surface area contributed by atoms with E-state index in [0.717, 1.165) is 54.7 Å². The summed E-state index contributed by atoms with van der Waals surface area (Å²) in [7, 11) is -2.27. The van der Waals surface area contributed by atoms with Crippen LogP contribution >= 0.6 is 11.8 Å². The van der Waals surface area contributed by atoms with Crippen LogP contribution in [0.1, 0.15) is 17.5 Å². The van der Waals surface area contributed by atoms with Crippen molar-refractivity contribution in [1.29, 1.82) is 0 Å². The van der Waals surface area contributed by atoms with Gasteiger partial charge in [-0.1, -0.05) is 66.4 Å². The topological polar surface area (TPSA) is 73.6 Å². The largest absolute Gasteiger partial charge is 0.748 e. The van der Waals surface area contributed by atoms with E-state index in [9.17, 15) is 13.0 Å². The number of rotatable bonds is 9. The van der Waals surface area contributed by atoms with Crippen LogP contribution in [0.15, 0.2) is 131 Å². The molecule has 0 aliphatic carbocycles. The summed E-state index contributed by atoms with van der Waals surface area (Å²) in [6.45, 7) is 0.409. The first-order valence-electron chi connectivity index (χ1n) is 14.0. The van der Waals surface area contributed by atoms with Gasteiger partial charge in [0.25, 0.3) is 0 Å². The van der Waals surface area contributed by atoms with Gasteiger partial charge in [0.1, 0.15) is 18.5 Å². The first-order chi connectivity index (χ1) is 20.8. The number of fused-ring (bicyclic) bond motifs is 2. The van der Waals surface area contributed by atoms with E-state index in [1.807, 2.05) is 85.9 Å². The van der Waals surface area contributed by atoms with Crippen molar-refractivity contribution in [2.75, 3.05) is 17.2 Å². The summed E-state index contributed by atoms with van der Waals surface area (Å²) in [5.41, 5.74) is 5.12. The number of para-hydroxylation sites is 3. The number of thioether (sulfide) groups is 1. The lowest BCUT2D eigenvalue weighted by Gasteiger charge is -2.21. The normalized spacial score (nSPS) is 14.3. The van der Waals surface area contributed by atoms with Crippen molar-refractivity contribution in [1.82, 2.24) is 0 Å². The molecule has 6 nitrogen and oxygen atoms in total. The van der Waals surface area contributed by atoms with E-state index in [-0.39, 0.29) is 6.42 Å². The van der Waals surface area contributed by atoms with E-state index in [0.29, 0.717) is 6.54 Å². The van der Waals surface area contributed by atoms with Crippen molar-refractivity contribution < 1.29 is 22.3 Å². The second-order valence-corrected chi connectivity index (χ2v) is 12.8. The number of benzene rings is 4. The third-order valence-electron chi connectivity index (χ3n) is 7.22. The highest BCUT2D eigenvalue weighted by Gasteiger charge is 2.25. The summed E-state index contributed by atoms with van der Waals surface area (Å²) in [5.74, 6) is 1.07. The van der Waals surface area contributed by atoms with Crippen LogP contribution in [0.4, 0.5) is 5.69 Å². The summed E-state index contributed by atoms with van der Waals surface area (Å²) in [4.78, 5) is 3.18. The molecule has 0 N–H and O–H groups in total. The van der Waals surface area contributed by atoms with E-state index < -0.39 is 15.9 Å². The number of pyridine rings is 1. The number of aryl methyl sites for hydroxylation is 1. The van der Waals surface area contributed by atoms with Gasteiger partial charge in [0, 0.05) is 29.3 Å². The average Bonchev–Trinajstić information content (AvgIpc) is 3.35. The summed E-state index contributed by atoms with van der Waals surface area (Å²) >= 11 is 1.63. The van der Waals surface area contributed by atoms with Gasteiger partial charge in [0.15, 0.2) is 6.20 Å². The molecule has 216 valence electrons. The molecule has 0 atom stereocenters. The zero-order chi connectivity index (χ0) is 29.8. The standard InChI is InChI=1S/C35H30N2O4S2/c1-36-21-19-27(31-15-5-6-16-32(31)36)23-28(26-11-9-14-30(24-26)41-29-12-3-2-4-13-29)25-35-37(20-10-22-43(38,39)40)33-17-7-8-18-34(33)42-35/h2-9,11-19,21,23-25H,10,20,22H2,1H3. The van der Waals surface area contributed by atoms with Crippen molar-refractivity contribution in [2.45, 2.75) is 11.3 Å². The highest BCUT2D eigenvalue weighted by molar-refractivity contribution is 8.03. The van der Waals surface area contributed by atoms with E-state index in [1.54, 1.807) is 11.8 Å². The number of nitrogens with zero attached hydrogens (tertiary/aromatic N) is 2. The molecule has 2 heterocycles. The molecule has 0 saturated carbocycles. The highest BCUT2D eigenvalue weighted by Crippen LogP contribution is 2.47. The van der Waals surface area contributed by atoms with Gasteiger partial charge in [-0.25, -0.2) is 13.0 Å². The molecule has 6 rings (SSSR count). The van der Waals surface area contributed by atoms with E-state index in [4.69, 9.17) is 4.74 Å². The highest BCUT2D eigenvalue weighted by atomic mass is 32.2. The quantitative estimate of drug-likeness (QED) is 0.129. The van der Waals surface area contributed by atoms with Gasteiger partial charge >= 0.3 is 0 Å². The van der Waals surface area contributed by atoms with Crippen LogP contribution < -0.4 is 14.2 Å². The fourth-order valence-corrected chi connectivity index (χ4v) is 6.80. The molecule has 0 amide bonds. The Morgan fingerprint density at radius 3 is 2.49 bits per heavy atom. The predicted molar refractivity (Wildman–Crippen MR) is 173 cm³/mol. The van der Waals surface area contributed by atoms with Crippen LogP contribution in [-0.2, 0) is 17.2 Å². The molecule has 8 heteroatoms. The molecule has 1 aromatic heterocycles. The summed E-state index contributed by atoms with van der Waals surface area (Å²) < 4.78 is 42.4. The summed E-state index contributed by atoms with van der Waals surface area (Å²) in [5, 5.41) is 2.08. The fraction of sp³-hybridized carbons (Fsp3) is 0.114. The molecular formula is C35H30N2O4S2. The van der Waals surface area contributed by atoms with Gasteiger partial charge in [-0.15, -0.1) is 0 Å². The average molecular weight is 607 g/mol. The minimum atomic E-state index is -4.30. The molecule has 0 saturated heterocycles. The van der Waals surface area contributed by atoms with Crippen LogP contribution in [0, 0.1) is 0 Å². The molecule has 5 aromatic rings. The molecule has 43 heavy (non-hydrogen) atoms. The second-order valence-electron chi connectivity index (χ2n) is 10.3. The minimum absolute atomic E-state index is 0.233. The van der Waals surface area contributed by atoms with Gasteiger partial charge in [0.2, 0.25) is 5.52 Å². The smallest absolute Gasteiger partial charge is 0.212 e.